The molecule has 0 aromatic heterocycles. The molecule has 7 heteroatoms. The molecule has 0 heterocycles. The smallest absolute Gasteiger partial charge is 0.246 e. The summed E-state index contributed by atoms with van der Waals surface area (Å²) in [5, 5.41) is 2.90. The predicted molar refractivity (Wildman–Crippen MR) is 86.4 cm³/mol. The SMILES string of the molecule is CC(NC(=O)COCCOCCOCCOCC=O)C(C)(C)C. The first-order valence-corrected chi connectivity index (χ1v) is 7.92. The molecule has 0 saturated carbocycles. The summed E-state index contributed by atoms with van der Waals surface area (Å²) in [7, 11) is 0. The summed E-state index contributed by atoms with van der Waals surface area (Å²) in [6.07, 6.45) is 0.702. The van der Waals surface area contributed by atoms with Crippen LogP contribution in [0.5, 0.6) is 0 Å². The van der Waals surface area contributed by atoms with E-state index in [9.17, 15) is 9.59 Å². The molecule has 0 fully saturated rings. The van der Waals surface area contributed by atoms with Crippen LogP contribution in [-0.4, -0.2) is 71.1 Å². The molecule has 1 amide bonds. The van der Waals surface area contributed by atoms with Gasteiger partial charge >= 0.3 is 0 Å². The minimum Gasteiger partial charge on any atom is -0.377 e. The van der Waals surface area contributed by atoms with Crippen molar-refractivity contribution in [2.45, 2.75) is 33.7 Å². The second-order valence-corrected chi connectivity index (χ2v) is 6.17. The third kappa shape index (κ3) is 14.3. The van der Waals surface area contributed by atoms with Gasteiger partial charge in [0.15, 0.2) is 0 Å². The molecular formula is C16H31NO6. The standard InChI is InChI=1S/C16H31NO6/c1-14(16(2,3)4)17-15(19)13-23-12-11-22-10-9-21-8-7-20-6-5-18/h5,14H,6-13H2,1-4H3,(H,17,19). The van der Waals surface area contributed by atoms with Gasteiger partial charge in [-0.25, -0.2) is 0 Å². The highest BCUT2D eigenvalue weighted by Crippen LogP contribution is 2.18. The first-order chi connectivity index (χ1) is 10.9. The lowest BCUT2D eigenvalue weighted by Gasteiger charge is -2.28. The first-order valence-electron chi connectivity index (χ1n) is 7.92. The Morgan fingerprint density at radius 2 is 1.43 bits per heavy atom. The topological polar surface area (TPSA) is 83.1 Å². The maximum atomic E-state index is 11.7. The molecular weight excluding hydrogens is 302 g/mol. The van der Waals surface area contributed by atoms with Crippen LogP contribution in [0.1, 0.15) is 27.7 Å². The number of nitrogens with one attached hydrogen (secondary N) is 1. The Morgan fingerprint density at radius 3 is 1.91 bits per heavy atom. The normalized spacial score (nSPS) is 12.9. The van der Waals surface area contributed by atoms with Gasteiger partial charge in [0.1, 0.15) is 19.5 Å². The number of rotatable bonds is 14. The van der Waals surface area contributed by atoms with Crippen LogP contribution in [0.25, 0.3) is 0 Å². The first kappa shape index (κ1) is 22.0. The third-order valence-corrected chi connectivity index (χ3v) is 3.21. The largest absolute Gasteiger partial charge is 0.377 e. The van der Waals surface area contributed by atoms with Gasteiger partial charge in [0.05, 0.1) is 39.6 Å². The van der Waals surface area contributed by atoms with Crippen molar-refractivity contribution in [1.82, 2.24) is 5.32 Å². The summed E-state index contributed by atoms with van der Waals surface area (Å²) in [6.45, 7) is 10.8. The number of amides is 1. The van der Waals surface area contributed by atoms with E-state index in [1.54, 1.807) is 0 Å². The summed E-state index contributed by atoms with van der Waals surface area (Å²) in [4.78, 5) is 21.6. The molecule has 0 saturated heterocycles. The lowest BCUT2D eigenvalue weighted by atomic mass is 9.88. The van der Waals surface area contributed by atoms with Gasteiger partial charge in [0, 0.05) is 6.04 Å². The van der Waals surface area contributed by atoms with Crippen LogP contribution in [0.3, 0.4) is 0 Å². The molecule has 0 bridgehead atoms. The number of carbonyl (C=O) groups excluding carboxylic acids is 2. The molecule has 0 aromatic carbocycles. The average Bonchev–Trinajstić information content (AvgIpc) is 2.47. The van der Waals surface area contributed by atoms with E-state index in [-0.39, 0.29) is 30.6 Å². The molecule has 0 rings (SSSR count). The molecule has 23 heavy (non-hydrogen) atoms. The molecule has 0 aromatic rings. The fourth-order valence-electron chi connectivity index (χ4n) is 1.35. The van der Waals surface area contributed by atoms with Crippen LogP contribution in [0, 0.1) is 5.41 Å². The Morgan fingerprint density at radius 1 is 0.957 bits per heavy atom. The zero-order valence-corrected chi connectivity index (χ0v) is 14.8. The van der Waals surface area contributed by atoms with Gasteiger partial charge < -0.3 is 29.1 Å². The van der Waals surface area contributed by atoms with Gasteiger partial charge in [0.2, 0.25) is 5.91 Å². The zero-order valence-electron chi connectivity index (χ0n) is 14.8. The van der Waals surface area contributed by atoms with Crippen LogP contribution in [0.15, 0.2) is 0 Å². The van der Waals surface area contributed by atoms with E-state index in [2.05, 4.69) is 26.1 Å². The number of hydrogen-bond acceptors (Lipinski definition) is 6. The molecule has 0 radical (unpaired) electrons. The predicted octanol–water partition coefficient (Wildman–Crippen LogP) is 0.803. The molecule has 1 N–H and O–H groups in total. The van der Waals surface area contributed by atoms with Gasteiger partial charge in [-0.15, -0.1) is 0 Å². The zero-order chi connectivity index (χ0) is 17.6. The van der Waals surface area contributed by atoms with E-state index in [1.165, 1.54) is 0 Å². The highest BCUT2D eigenvalue weighted by atomic mass is 16.6. The molecule has 0 aliphatic heterocycles. The van der Waals surface area contributed by atoms with Crippen molar-refractivity contribution in [3.05, 3.63) is 0 Å². The summed E-state index contributed by atoms with van der Waals surface area (Å²) >= 11 is 0. The Kier molecular flexibility index (Phi) is 12.8. The quantitative estimate of drug-likeness (QED) is 0.374. The highest BCUT2D eigenvalue weighted by Gasteiger charge is 2.21. The van der Waals surface area contributed by atoms with E-state index in [0.717, 1.165) is 0 Å². The Balaban J connectivity index is 3.33. The fourth-order valence-corrected chi connectivity index (χ4v) is 1.35. The second-order valence-electron chi connectivity index (χ2n) is 6.17. The van der Waals surface area contributed by atoms with Crippen molar-refractivity contribution < 1.29 is 28.5 Å². The van der Waals surface area contributed by atoms with E-state index in [4.69, 9.17) is 18.9 Å². The van der Waals surface area contributed by atoms with Crippen molar-refractivity contribution in [3.63, 3.8) is 0 Å². The molecule has 1 atom stereocenters. The summed E-state index contributed by atoms with van der Waals surface area (Å²) in [6, 6.07) is 0.0857. The van der Waals surface area contributed by atoms with Crippen LogP contribution in [-0.2, 0) is 28.5 Å². The van der Waals surface area contributed by atoms with Crippen LogP contribution >= 0.6 is 0 Å². The minimum atomic E-state index is -0.119. The summed E-state index contributed by atoms with van der Waals surface area (Å²) < 4.78 is 20.7. The number of aldehydes is 1. The molecule has 1 unspecified atom stereocenters. The Hall–Kier alpha value is -1.02. The van der Waals surface area contributed by atoms with E-state index >= 15 is 0 Å². The van der Waals surface area contributed by atoms with Gasteiger partial charge in [0.25, 0.3) is 0 Å². The maximum absolute atomic E-state index is 11.7. The molecule has 0 spiro atoms. The number of hydrogen-bond donors (Lipinski definition) is 1. The van der Waals surface area contributed by atoms with Gasteiger partial charge in [-0.05, 0) is 12.3 Å². The van der Waals surface area contributed by atoms with E-state index in [1.807, 2.05) is 6.92 Å². The van der Waals surface area contributed by atoms with Crippen LogP contribution in [0.2, 0.25) is 0 Å². The van der Waals surface area contributed by atoms with Crippen molar-refractivity contribution in [2.24, 2.45) is 5.41 Å². The van der Waals surface area contributed by atoms with Gasteiger partial charge in [-0.2, -0.15) is 0 Å². The van der Waals surface area contributed by atoms with Crippen LogP contribution in [0.4, 0.5) is 0 Å². The number of carbonyl (C=O) groups is 2. The fraction of sp³-hybridized carbons (Fsp3) is 0.875. The molecule has 0 aliphatic rings. The lowest BCUT2D eigenvalue weighted by molar-refractivity contribution is -0.127. The molecule has 0 aliphatic carbocycles. The van der Waals surface area contributed by atoms with Crippen molar-refractivity contribution in [3.8, 4) is 0 Å². The monoisotopic (exact) mass is 333 g/mol. The number of ether oxygens (including phenoxy) is 4. The van der Waals surface area contributed by atoms with Crippen molar-refractivity contribution in [1.29, 1.82) is 0 Å². The minimum absolute atomic E-state index is 0.0249. The second kappa shape index (κ2) is 13.4. The van der Waals surface area contributed by atoms with Gasteiger partial charge in [-0.3, -0.25) is 4.79 Å². The van der Waals surface area contributed by atoms with E-state index in [0.29, 0.717) is 45.9 Å². The summed E-state index contributed by atoms with van der Waals surface area (Å²) in [5.74, 6) is -0.119. The summed E-state index contributed by atoms with van der Waals surface area (Å²) in [5.41, 5.74) is 0.0249. The third-order valence-electron chi connectivity index (χ3n) is 3.21. The Bertz CT molecular complexity index is 316. The van der Waals surface area contributed by atoms with Gasteiger partial charge in [-0.1, -0.05) is 20.8 Å². The van der Waals surface area contributed by atoms with Crippen molar-refractivity contribution in [2.75, 3.05) is 52.9 Å². The lowest BCUT2D eigenvalue weighted by Crippen LogP contribution is -2.43. The molecule has 7 nitrogen and oxygen atoms in total. The molecule has 136 valence electrons. The van der Waals surface area contributed by atoms with Crippen molar-refractivity contribution >= 4 is 12.2 Å². The van der Waals surface area contributed by atoms with E-state index < -0.39 is 0 Å². The maximum Gasteiger partial charge on any atom is 0.246 e. The van der Waals surface area contributed by atoms with Crippen LogP contribution < -0.4 is 5.32 Å². The highest BCUT2D eigenvalue weighted by molar-refractivity contribution is 5.77. The average molecular weight is 333 g/mol. The Labute approximate surface area is 139 Å².